The third-order valence-electron chi connectivity index (χ3n) is 4.33. The molecular formula is C20H18N2O7S. The quantitative estimate of drug-likeness (QED) is 0.181. The lowest BCUT2D eigenvalue weighted by atomic mass is 9.82. The highest BCUT2D eigenvalue weighted by atomic mass is 32.2. The van der Waals surface area contributed by atoms with Gasteiger partial charge in [0, 0.05) is 22.8 Å². The van der Waals surface area contributed by atoms with Crippen LogP contribution >= 0.6 is 0 Å². The number of benzene rings is 2. The summed E-state index contributed by atoms with van der Waals surface area (Å²) in [5.74, 6) is -2.78. The molecule has 0 saturated heterocycles. The molecule has 0 spiro atoms. The summed E-state index contributed by atoms with van der Waals surface area (Å²) in [5.41, 5.74) is 4.76. The van der Waals surface area contributed by atoms with Crippen molar-refractivity contribution in [1.29, 1.82) is 0 Å². The van der Waals surface area contributed by atoms with Crippen LogP contribution in [-0.4, -0.2) is 36.7 Å². The van der Waals surface area contributed by atoms with Gasteiger partial charge < -0.3 is 15.8 Å². The second-order valence-corrected chi connectivity index (χ2v) is 8.17. The van der Waals surface area contributed by atoms with Gasteiger partial charge in [-0.05, 0) is 13.8 Å². The molecule has 1 atom stereocenters. The van der Waals surface area contributed by atoms with Gasteiger partial charge in [-0.1, -0.05) is 30.8 Å². The predicted molar refractivity (Wildman–Crippen MR) is 107 cm³/mol. The van der Waals surface area contributed by atoms with Crippen LogP contribution in [0.25, 0.3) is 0 Å². The van der Waals surface area contributed by atoms with E-state index in [4.69, 9.17) is 10.5 Å². The van der Waals surface area contributed by atoms with E-state index in [0.717, 1.165) is 6.07 Å². The van der Waals surface area contributed by atoms with Crippen LogP contribution in [0.15, 0.2) is 47.4 Å². The number of carbonyl (C=O) groups excluding carboxylic acids is 3. The Hall–Kier alpha value is -3.34. The molecule has 1 aliphatic rings. The average Bonchev–Trinajstić information content (AvgIpc) is 2.65. The predicted octanol–water partition coefficient (Wildman–Crippen LogP) is 1.91. The lowest BCUT2D eigenvalue weighted by Gasteiger charge is -2.25. The van der Waals surface area contributed by atoms with Crippen molar-refractivity contribution in [2.24, 2.45) is 5.73 Å². The molecule has 0 aromatic heterocycles. The van der Waals surface area contributed by atoms with Crippen molar-refractivity contribution in [3.8, 4) is 5.75 Å². The van der Waals surface area contributed by atoms with Gasteiger partial charge in [-0.2, -0.15) is 8.42 Å². The van der Waals surface area contributed by atoms with Crippen LogP contribution in [-0.2, 0) is 14.9 Å². The van der Waals surface area contributed by atoms with Gasteiger partial charge in [-0.3, -0.25) is 14.1 Å². The number of fused-ring (bicyclic) bond motifs is 2. The normalized spacial score (nSPS) is 13.9. The molecule has 0 saturated carbocycles. The monoisotopic (exact) mass is 430 g/mol. The van der Waals surface area contributed by atoms with Gasteiger partial charge in [0.15, 0.2) is 11.6 Å². The van der Waals surface area contributed by atoms with Crippen molar-refractivity contribution in [1.82, 2.24) is 0 Å². The van der Waals surface area contributed by atoms with Crippen LogP contribution in [0.2, 0.25) is 0 Å². The minimum Gasteiger partial charge on any atom is -0.422 e. The van der Waals surface area contributed by atoms with Crippen molar-refractivity contribution < 1.29 is 32.1 Å². The molecule has 2 aromatic rings. The summed E-state index contributed by atoms with van der Waals surface area (Å²) in [6.07, 6.45) is -0.849. The van der Waals surface area contributed by atoms with E-state index < -0.39 is 44.5 Å². The number of anilines is 1. The zero-order valence-corrected chi connectivity index (χ0v) is 16.9. The van der Waals surface area contributed by atoms with Crippen molar-refractivity contribution in [2.45, 2.75) is 24.9 Å². The lowest BCUT2D eigenvalue weighted by molar-refractivity contribution is -0.130. The van der Waals surface area contributed by atoms with Crippen LogP contribution in [0.4, 0.5) is 5.69 Å². The second-order valence-electron chi connectivity index (χ2n) is 6.78. The van der Waals surface area contributed by atoms with Crippen LogP contribution in [0.3, 0.4) is 0 Å². The standard InChI is InChI=1S/C20H18N2O7S/c1-9(2)20(25)29-13-8-14(30(26,27)28)17(22-10(3)21)16-15(13)18(23)11-6-4-5-7-12(11)19(16)24/h4-8,10,22H,1,21H2,2-3H3,(H,26,27,28). The number of nitrogens with one attached hydrogen (secondary N) is 1. The van der Waals surface area contributed by atoms with E-state index in [9.17, 15) is 27.4 Å². The van der Waals surface area contributed by atoms with Crippen molar-refractivity contribution >= 4 is 33.3 Å². The largest absolute Gasteiger partial charge is 0.422 e. The van der Waals surface area contributed by atoms with E-state index in [1.165, 1.54) is 26.0 Å². The number of carbonyl (C=O) groups is 3. The number of ether oxygens (including phenoxy) is 1. The topological polar surface area (TPSA) is 153 Å². The number of hydrogen-bond acceptors (Lipinski definition) is 8. The Kier molecular flexibility index (Phi) is 5.33. The van der Waals surface area contributed by atoms with Crippen LogP contribution < -0.4 is 15.8 Å². The van der Waals surface area contributed by atoms with Gasteiger partial charge in [0.2, 0.25) is 0 Å². The maximum absolute atomic E-state index is 13.2. The highest BCUT2D eigenvalue weighted by Gasteiger charge is 2.38. The first-order valence-electron chi connectivity index (χ1n) is 8.70. The molecule has 10 heteroatoms. The van der Waals surface area contributed by atoms with E-state index in [0.29, 0.717) is 0 Å². The Balaban J connectivity index is 2.45. The first kappa shape index (κ1) is 21.4. The summed E-state index contributed by atoms with van der Waals surface area (Å²) in [6, 6.07) is 6.75. The Labute approximate surface area is 172 Å². The van der Waals surface area contributed by atoms with Crippen molar-refractivity contribution in [3.05, 3.63) is 64.7 Å². The molecule has 9 nitrogen and oxygen atoms in total. The maximum Gasteiger partial charge on any atom is 0.338 e. The lowest BCUT2D eigenvalue weighted by Crippen LogP contribution is -2.31. The summed E-state index contributed by atoms with van der Waals surface area (Å²) in [6.45, 7) is 6.26. The highest BCUT2D eigenvalue weighted by molar-refractivity contribution is 7.86. The molecule has 0 fully saturated rings. The fourth-order valence-electron chi connectivity index (χ4n) is 3.08. The number of rotatable bonds is 5. The second kappa shape index (κ2) is 7.48. The van der Waals surface area contributed by atoms with Crippen molar-refractivity contribution in [2.75, 3.05) is 5.32 Å². The average molecular weight is 430 g/mol. The Morgan fingerprint density at radius 3 is 2.17 bits per heavy atom. The molecule has 0 heterocycles. The summed E-state index contributed by atoms with van der Waals surface area (Å²) < 4.78 is 39.0. The smallest absolute Gasteiger partial charge is 0.338 e. The summed E-state index contributed by atoms with van der Waals surface area (Å²) in [4.78, 5) is 37.8. The number of ketones is 2. The SMILES string of the molecule is C=C(C)C(=O)Oc1cc(S(=O)(=O)O)c(NC(C)N)c2c1C(=O)c1ccccc1C2=O. The zero-order chi connectivity index (χ0) is 22.4. The third-order valence-corrected chi connectivity index (χ3v) is 5.20. The molecule has 156 valence electrons. The molecule has 30 heavy (non-hydrogen) atoms. The van der Waals surface area contributed by atoms with Gasteiger partial charge in [0.25, 0.3) is 10.1 Å². The Morgan fingerprint density at radius 1 is 1.17 bits per heavy atom. The van der Waals surface area contributed by atoms with Gasteiger partial charge in [0.05, 0.1) is 23.0 Å². The Morgan fingerprint density at radius 2 is 1.70 bits per heavy atom. The summed E-state index contributed by atoms with van der Waals surface area (Å²) in [7, 11) is -4.90. The minimum atomic E-state index is -4.90. The molecule has 0 amide bonds. The molecule has 2 aromatic carbocycles. The van der Waals surface area contributed by atoms with E-state index in [-0.39, 0.29) is 33.5 Å². The molecule has 1 unspecified atom stereocenters. The van der Waals surface area contributed by atoms with Crippen LogP contribution in [0.1, 0.15) is 45.7 Å². The molecule has 4 N–H and O–H groups in total. The molecule has 0 radical (unpaired) electrons. The molecule has 0 aliphatic heterocycles. The number of esters is 1. The highest BCUT2D eigenvalue weighted by Crippen LogP contribution is 2.41. The van der Waals surface area contributed by atoms with Gasteiger partial charge in [-0.25, -0.2) is 4.79 Å². The van der Waals surface area contributed by atoms with Gasteiger partial charge in [-0.15, -0.1) is 0 Å². The molecule has 1 aliphatic carbocycles. The fraction of sp³-hybridized carbons (Fsp3) is 0.150. The summed E-state index contributed by atoms with van der Waals surface area (Å²) in [5, 5.41) is 2.60. The van der Waals surface area contributed by atoms with Gasteiger partial charge >= 0.3 is 5.97 Å². The first-order chi connectivity index (χ1) is 13.9. The zero-order valence-electron chi connectivity index (χ0n) is 16.1. The summed E-state index contributed by atoms with van der Waals surface area (Å²) >= 11 is 0. The number of nitrogens with two attached hydrogens (primary N) is 1. The maximum atomic E-state index is 13.2. The van der Waals surface area contributed by atoms with Gasteiger partial charge in [0.1, 0.15) is 10.6 Å². The third kappa shape index (κ3) is 3.63. The number of hydrogen-bond donors (Lipinski definition) is 3. The van der Waals surface area contributed by atoms with E-state index in [1.807, 2.05) is 0 Å². The first-order valence-corrected chi connectivity index (χ1v) is 10.1. The van der Waals surface area contributed by atoms with E-state index in [1.54, 1.807) is 12.1 Å². The minimum absolute atomic E-state index is 0.0232. The molecular weight excluding hydrogens is 412 g/mol. The molecule has 0 bridgehead atoms. The Bertz CT molecular complexity index is 1230. The molecule has 3 rings (SSSR count). The van der Waals surface area contributed by atoms with E-state index >= 15 is 0 Å². The van der Waals surface area contributed by atoms with Crippen molar-refractivity contribution in [3.63, 3.8) is 0 Å². The van der Waals surface area contributed by atoms with Crippen LogP contribution in [0, 0.1) is 0 Å². The van der Waals surface area contributed by atoms with Crippen LogP contribution in [0.5, 0.6) is 5.75 Å². The fourth-order valence-corrected chi connectivity index (χ4v) is 3.75. The van der Waals surface area contributed by atoms with E-state index in [2.05, 4.69) is 11.9 Å².